The molecule has 1 amide bonds. The first-order valence-corrected chi connectivity index (χ1v) is 6.93. The monoisotopic (exact) mass is 244 g/mol. The number of fused-ring (bicyclic) bond motifs is 1. The van der Waals surface area contributed by atoms with Crippen LogP contribution in [-0.4, -0.2) is 29.9 Å². The van der Waals surface area contributed by atoms with E-state index in [4.69, 9.17) is 0 Å². The maximum absolute atomic E-state index is 12.6. The first-order valence-electron chi connectivity index (χ1n) is 6.93. The fourth-order valence-electron chi connectivity index (χ4n) is 2.84. The lowest BCUT2D eigenvalue weighted by Gasteiger charge is -2.25. The molecule has 1 aliphatic heterocycles. The van der Waals surface area contributed by atoms with Crippen molar-refractivity contribution in [2.75, 3.05) is 13.1 Å². The van der Waals surface area contributed by atoms with Crippen LogP contribution in [0.4, 0.5) is 0 Å². The van der Waals surface area contributed by atoms with Crippen LogP contribution in [0, 0.1) is 0 Å². The molecule has 1 aromatic carbocycles. The maximum Gasteiger partial charge on any atom is 0.254 e. The van der Waals surface area contributed by atoms with E-state index >= 15 is 0 Å². The second-order valence-corrected chi connectivity index (χ2v) is 5.19. The van der Waals surface area contributed by atoms with Crippen molar-refractivity contribution >= 4 is 5.91 Å². The van der Waals surface area contributed by atoms with E-state index in [9.17, 15) is 4.79 Å². The summed E-state index contributed by atoms with van der Waals surface area (Å²) in [7, 11) is 0. The molecule has 1 aliphatic carbocycles. The maximum atomic E-state index is 12.6. The third-order valence-corrected chi connectivity index (χ3v) is 3.96. The number of carbonyl (C=O) groups is 1. The smallest absolute Gasteiger partial charge is 0.254 e. The number of amides is 1. The summed E-state index contributed by atoms with van der Waals surface area (Å²) < 4.78 is 0. The van der Waals surface area contributed by atoms with Crippen LogP contribution in [-0.2, 0) is 13.0 Å². The Kier molecular flexibility index (Phi) is 3.08. The zero-order chi connectivity index (χ0) is 12.5. The third-order valence-electron chi connectivity index (χ3n) is 3.96. The number of benzene rings is 1. The van der Waals surface area contributed by atoms with Crippen molar-refractivity contribution in [3.63, 3.8) is 0 Å². The fraction of sp³-hybridized carbons (Fsp3) is 0.533. The van der Waals surface area contributed by atoms with Crippen molar-refractivity contribution in [1.29, 1.82) is 0 Å². The summed E-state index contributed by atoms with van der Waals surface area (Å²) in [5, 5.41) is 3.36. The quantitative estimate of drug-likeness (QED) is 0.881. The third kappa shape index (κ3) is 2.03. The van der Waals surface area contributed by atoms with Crippen LogP contribution in [0.25, 0.3) is 0 Å². The Bertz CT molecular complexity index is 466. The van der Waals surface area contributed by atoms with Crippen LogP contribution in [0.15, 0.2) is 18.2 Å². The highest BCUT2D eigenvalue weighted by atomic mass is 16.2. The van der Waals surface area contributed by atoms with Crippen LogP contribution in [0.1, 0.15) is 41.3 Å². The Hall–Kier alpha value is -1.35. The average Bonchev–Trinajstić information content (AvgIpc) is 3.23. The first kappa shape index (κ1) is 11.7. The van der Waals surface area contributed by atoms with Gasteiger partial charge in [0.1, 0.15) is 0 Å². The molecule has 18 heavy (non-hydrogen) atoms. The van der Waals surface area contributed by atoms with Gasteiger partial charge in [-0.1, -0.05) is 12.1 Å². The highest BCUT2D eigenvalue weighted by Crippen LogP contribution is 2.29. The largest absolute Gasteiger partial charge is 0.336 e. The Balaban J connectivity index is 1.93. The summed E-state index contributed by atoms with van der Waals surface area (Å²) >= 11 is 0. The van der Waals surface area contributed by atoms with Gasteiger partial charge in [0, 0.05) is 24.7 Å². The summed E-state index contributed by atoms with van der Waals surface area (Å²) in [4.78, 5) is 14.7. The predicted molar refractivity (Wildman–Crippen MR) is 71.6 cm³/mol. The normalized spacial score (nSPS) is 18.3. The highest BCUT2D eigenvalue weighted by molar-refractivity contribution is 5.96. The molecule has 1 heterocycles. The Morgan fingerprint density at radius 1 is 1.44 bits per heavy atom. The molecule has 0 unspecified atom stereocenters. The molecule has 3 heteroatoms. The van der Waals surface area contributed by atoms with E-state index in [1.54, 1.807) is 0 Å². The van der Waals surface area contributed by atoms with E-state index in [1.807, 2.05) is 17.0 Å². The molecule has 2 aliphatic rings. The summed E-state index contributed by atoms with van der Waals surface area (Å²) in [6, 6.07) is 6.64. The van der Waals surface area contributed by atoms with Gasteiger partial charge in [0.2, 0.25) is 0 Å². The van der Waals surface area contributed by atoms with Gasteiger partial charge in [0.15, 0.2) is 0 Å². The van der Waals surface area contributed by atoms with Gasteiger partial charge in [0.05, 0.1) is 0 Å². The number of rotatable bonds is 3. The van der Waals surface area contributed by atoms with E-state index in [1.165, 1.54) is 24.0 Å². The van der Waals surface area contributed by atoms with E-state index < -0.39 is 0 Å². The zero-order valence-electron chi connectivity index (χ0n) is 10.9. The molecule has 96 valence electrons. The van der Waals surface area contributed by atoms with Crippen LogP contribution < -0.4 is 5.32 Å². The predicted octanol–water partition coefficient (Wildman–Crippen LogP) is 1.96. The van der Waals surface area contributed by atoms with Crippen LogP contribution >= 0.6 is 0 Å². The number of nitrogens with zero attached hydrogens (tertiary/aromatic N) is 1. The minimum Gasteiger partial charge on any atom is -0.336 e. The van der Waals surface area contributed by atoms with Gasteiger partial charge in [-0.3, -0.25) is 4.79 Å². The summed E-state index contributed by atoms with van der Waals surface area (Å²) in [5.74, 6) is 0.235. The van der Waals surface area contributed by atoms with E-state index in [2.05, 4.69) is 18.3 Å². The van der Waals surface area contributed by atoms with Gasteiger partial charge < -0.3 is 10.2 Å². The SMILES string of the molecule is CCN(C(=O)c1cccc2c1CCNC2)C1CC1. The molecule has 0 bridgehead atoms. The molecule has 0 radical (unpaired) electrons. The lowest BCUT2D eigenvalue weighted by Crippen LogP contribution is -2.35. The second kappa shape index (κ2) is 4.73. The molecule has 0 atom stereocenters. The molecule has 3 nitrogen and oxygen atoms in total. The van der Waals surface area contributed by atoms with Gasteiger partial charge in [-0.2, -0.15) is 0 Å². The number of nitrogens with one attached hydrogen (secondary N) is 1. The first-order chi connectivity index (χ1) is 8.81. The van der Waals surface area contributed by atoms with Gasteiger partial charge in [0.25, 0.3) is 5.91 Å². The van der Waals surface area contributed by atoms with Crippen molar-refractivity contribution in [2.45, 2.75) is 38.8 Å². The van der Waals surface area contributed by atoms with Gasteiger partial charge >= 0.3 is 0 Å². The van der Waals surface area contributed by atoms with Crippen LogP contribution in [0.3, 0.4) is 0 Å². The average molecular weight is 244 g/mol. The number of hydrogen-bond acceptors (Lipinski definition) is 2. The molecule has 3 rings (SSSR count). The summed E-state index contributed by atoms with van der Waals surface area (Å²) in [5.41, 5.74) is 3.49. The molecule has 0 aromatic heterocycles. The van der Waals surface area contributed by atoms with Crippen molar-refractivity contribution in [3.8, 4) is 0 Å². The highest BCUT2D eigenvalue weighted by Gasteiger charge is 2.33. The molecular weight excluding hydrogens is 224 g/mol. The molecule has 1 N–H and O–H groups in total. The summed E-state index contributed by atoms with van der Waals surface area (Å²) in [6.45, 7) is 4.78. The van der Waals surface area contributed by atoms with Crippen molar-refractivity contribution < 1.29 is 4.79 Å². The van der Waals surface area contributed by atoms with E-state index in [-0.39, 0.29) is 5.91 Å². The molecule has 1 aromatic rings. The standard InChI is InChI=1S/C15H20N2O/c1-2-17(12-6-7-12)15(18)14-5-3-4-11-10-16-9-8-13(11)14/h3-5,12,16H,2,6-10H2,1H3. The minimum absolute atomic E-state index is 0.235. The zero-order valence-corrected chi connectivity index (χ0v) is 10.9. The molecule has 0 saturated heterocycles. The molecule has 1 fully saturated rings. The lowest BCUT2D eigenvalue weighted by atomic mass is 9.94. The lowest BCUT2D eigenvalue weighted by molar-refractivity contribution is 0.0751. The van der Waals surface area contributed by atoms with Crippen LogP contribution in [0.5, 0.6) is 0 Å². The Labute approximate surface area is 108 Å². The fourth-order valence-corrected chi connectivity index (χ4v) is 2.84. The molecular formula is C15H20N2O. The van der Waals surface area contributed by atoms with Crippen LogP contribution in [0.2, 0.25) is 0 Å². The Morgan fingerprint density at radius 3 is 3.00 bits per heavy atom. The van der Waals surface area contributed by atoms with Gasteiger partial charge in [-0.15, -0.1) is 0 Å². The molecule has 0 spiro atoms. The summed E-state index contributed by atoms with van der Waals surface area (Å²) in [6.07, 6.45) is 3.33. The van der Waals surface area contributed by atoms with E-state index in [0.717, 1.165) is 31.6 Å². The van der Waals surface area contributed by atoms with E-state index in [0.29, 0.717) is 6.04 Å². The van der Waals surface area contributed by atoms with Crippen molar-refractivity contribution in [1.82, 2.24) is 10.2 Å². The second-order valence-electron chi connectivity index (χ2n) is 5.19. The number of carbonyl (C=O) groups excluding carboxylic acids is 1. The van der Waals surface area contributed by atoms with Gasteiger partial charge in [-0.25, -0.2) is 0 Å². The minimum atomic E-state index is 0.235. The number of hydrogen-bond donors (Lipinski definition) is 1. The molecule has 1 saturated carbocycles. The van der Waals surface area contributed by atoms with Crippen molar-refractivity contribution in [3.05, 3.63) is 34.9 Å². The topological polar surface area (TPSA) is 32.3 Å². The van der Waals surface area contributed by atoms with Crippen molar-refractivity contribution in [2.24, 2.45) is 0 Å². The van der Waals surface area contributed by atoms with Gasteiger partial charge in [-0.05, 0) is 49.9 Å². The Morgan fingerprint density at radius 2 is 2.28 bits per heavy atom.